The molecule has 3 nitrogen and oxygen atoms in total. The molecule has 0 fully saturated rings. The van der Waals surface area contributed by atoms with Gasteiger partial charge in [0.25, 0.3) is 0 Å². The maximum Gasteiger partial charge on any atom is 0.0698 e. The first kappa shape index (κ1) is 13.5. The lowest BCUT2D eigenvalue weighted by Gasteiger charge is -2.14. The van der Waals surface area contributed by atoms with Crippen molar-refractivity contribution in [3.63, 3.8) is 0 Å². The van der Waals surface area contributed by atoms with Crippen LogP contribution in [0.3, 0.4) is 0 Å². The Bertz CT molecular complexity index is 307. The van der Waals surface area contributed by atoms with Crippen LogP contribution in [0.5, 0.6) is 0 Å². The van der Waals surface area contributed by atoms with Crippen LogP contribution in [0.2, 0.25) is 5.02 Å². The fourth-order valence-corrected chi connectivity index (χ4v) is 1.61. The maximum atomic E-state index is 8.52. The minimum absolute atomic E-state index is 0.0733. The molecule has 1 aromatic carbocycles. The second-order valence-corrected chi connectivity index (χ2v) is 4.00. The summed E-state index contributed by atoms with van der Waals surface area (Å²) in [5.41, 5.74) is 1.16. The van der Waals surface area contributed by atoms with Crippen molar-refractivity contribution in [3.05, 3.63) is 34.9 Å². The third-order valence-electron chi connectivity index (χ3n) is 2.28. The van der Waals surface area contributed by atoms with Gasteiger partial charge in [0.2, 0.25) is 0 Å². The van der Waals surface area contributed by atoms with E-state index >= 15 is 0 Å². The van der Waals surface area contributed by atoms with Crippen molar-refractivity contribution in [2.45, 2.75) is 13.0 Å². The Morgan fingerprint density at radius 1 is 1.44 bits per heavy atom. The topological polar surface area (TPSA) is 41.5 Å². The van der Waals surface area contributed by atoms with E-state index in [0.29, 0.717) is 13.2 Å². The van der Waals surface area contributed by atoms with Gasteiger partial charge < -0.3 is 15.2 Å². The van der Waals surface area contributed by atoms with E-state index in [1.807, 2.05) is 24.3 Å². The van der Waals surface area contributed by atoms with E-state index in [4.69, 9.17) is 21.4 Å². The summed E-state index contributed by atoms with van der Waals surface area (Å²) in [5.74, 6) is 0. The van der Waals surface area contributed by atoms with Crippen LogP contribution in [0.15, 0.2) is 24.3 Å². The third kappa shape index (κ3) is 4.94. The molecule has 0 radical (unpaired) electrons. The van der Waals surface area contributed by atoms with Gasteiger partial charge in [0.1, 0.15) is 0 Å². The van der Waals surface area contributed by atoms with Crippen molar-refractivity contribution in [3.8, 4) is 0 Å². The van der Waals surface area contributed by atoms with E-state index in [2.05, 4.69) is 12.2 Å². The first-order chi connectivity index (χ1) is 7.74. The van der Waals surface area contributed by atoms with Gasteiger partial charge in [0, 0.05) is 17.6 Å². The van der Waals surface area contributed by atoms with Crippen molar-refractivity contribution in [2.24, 2.45) is 0 Å². The summed E-state index contributed by atoms with van der Waals surface area (Å²) < 4.78 is 5.15. The summed E-state index contributed by atoms with van der Waals surface area (Å²) in [4.78, 5) is 0. The van der Waals surface area contributed by atoms with Crippen LogP contribution >= 0.6 is 11.6 Å². The summed E-state index contributed by atoms with van der Waals surface area (Å²) >= 11 is 5.91. The molecule has 0 bridgehead atoms. The average molecular weight is 244 g/mol. The lowest BCUT2D eigenvalue weighted by Crippen LogP contribution is -2.23. The Morgan fingerprint density at radius 2 is 2.25 bits per heavy atom. The van der Waals surface area contributed by atoms with Crippen LogP contribution in [0, 0.1) is 0 Å². The zero-order valence-corrected chi connectivity index (χ0v) is 10.2. The SMILES string of the molecule is CC(NCCOCCO)c1cccc(Cl)c1. The van der Waals surface area contributed by atoms with E-state index in [1.54, 1.807) is 0 Å². The quantitative estimate of drug-likeness (QED) is 0.720. The molecule has 90 valence electrons. The fourth-order valence-electron chi connectivity index (χ4n) is 1.41. The van der Waals surface area contributed by atoms with E-state index in [9.17, 15) is 0 Å². The van der Waals surface area contributed by atoms with Gasteiger partial charge in [-0.25, -0.2) is 0 Å². The van der Waals surface area contributed by atoms with Gasteiger partial charge in [0.05, 0.1) is 19.8 Å². The van der Waals surface area contributed by atoms with Crippen LogP contribution in [0.1, 0.15) is 18.5 Å². The molecule has 4 heteroatoms. The highest BCUT2D eigenvalue weighted by atomic mass is 35.5. The summed E-state index contributed by atoms with van der Waals surface area (Å²) in [7, 11) is 0. The molecule has 2 N–H and O–H groups in total. The van der Waals surface area contributed by atoms with Crippen molar-refractivity contribution in [1.29, 1.82) is 0 Å². The van der Waals surface area contributed by atoms with Gasteiger partial charge >= 0.3 is 0 Å². The highest BCUT2D eigenvalue weighted by Crippen LogP contribution is 2.16. The first-order valence-electron chi connectivity index (χ1n) is 5.41. The number of benzene rings is 1. The minimum atomic E-state index is 0.0733. The van der Waals surface area contributed by atoms with Gasteiger partial charge in [-0.15, -0.1) is 0 Å². The number of aliphatic hydroxyl groups is 1. The van der Waals surface area contributed by atoms with Crippen molar-refractivity contribution >= 4 is 11.6 Å². The monoisotopic (exact) mass is 243 g/mol. The molecule has 0 heterocycles. The molecule has 1 unspecified atom stereocenters. The van der Waals surface area contributed by atoms with E-state index in [0.717, 1.165) is 17.1 Å². The number of hydrogen-bond acceptors (Lipinski definition) is 3. The van der Waals surface area contributed by atoms with Crippen molar-refractivity contribution in [2.75, 3.05) is 26.4 Å². The highest BCUT2D eigenvalue weighted by molar-refractivity contribution is 6.30. The molecule has 0 aliphatic rings. The predicted octanol–water partition coefficient (Wildman–Crippen LogP) is 2.00. The predicted molar refractivity (Wildman–Crippen MR) is 65.8 cm³/mol. The number of halogens is 1. The summed E-state index contributed by atoms with van der Waals surface area (Å²) in [6, 6.07) is 8.04. The van der Waals surface area contributed by atoms with Crippen LogP contribution in [0.4, 0.5) is 0 Å². The van der Waals surface area contributed by atoms with Gasteiger partial charge in [-0.05, 0) is 24.6 Å². The second-order valence-electron chi connectivity index (χ2n) is 3.57. The van der Waals surface area contributed by atoms with Crippen LogP contribution < -0.4 is 5.32 Å². The van der Waals surface area contributed by atoms with E-state index in [-0.39, 0.29) is 12.6 Å². The molecule has 1 atom stereocenters. The summed E-state index contributed by atoms with van der Waals surface area (Å²) in [6.45, 7) is 3.91. The largest absolute Gasteiger partial charge is 0.394 e. The Labute approximate surface area is 101 Å². The molecule has 1 rings (SSSR count). The minimum Gasteiger partial charge on any atom is -0.394 e. The van der Waals surface area contributed by atoms with Crippen LogP contribution in [-0.2, 0) is 4.74 Å². The fraction of sp³-hybridized carbons (Fsp3) is 0.500. The van der Waals surface area contributed by atoms with Crippen molar-refractivity contribution < 1.29 is 9.84 Å². The lowest BCUT2D eigenvalue weighted by molar-refractivity contribution is 0.0928. The smallest absolute Gasteiger partial charge is 0.0698 e. The second kappa shape index (κ2) is 7.63. The molecule has 1 aromatic rings. The number of hydrogen-bond donors (Lipinski definition) is 2. The number of rotatable bonds is 7. The lowest BCUT2D eigenvalue weighted by atomic mass is 10.1. The standard InChI is InChI=1S/C12H18ClNO2/c1-10(14-5-7-16-8-6-15)11-3-2-4-12(13)9-11/h2-4,9-10,14-15H,5-8H2,1H3. The van der Waals surface area contributed by atoms with Crippen LogP contribution in [0.25, 0.3) is 0 Å². The molecule has 0 spiro atoms. The molecular formula is C12H18ClNO2. The van der Waals surface area contributed by atoms with Crippen LogP contribution in [-0.4, -0.2) is 31.5 Å². The normalized spacial score (nSPS) is 12.7. The molecule has 0 aromatic heterocycles. The number of aliphatic hydroxyl groups excluding tert-OH is 1. The first-order valence-corrected chi connectivity index (χ1v) is 5.79. The van der Waals surface area contributed by atoms with Gasteiger partial charge in [-0.2, -0.15) is 0 Å². The average Bonchev–Trinajstić information content (AvgIpc) is 2.28. The zero-order chi connectivity index (χ0) is 11.8. The Morgan fingerprint density at radius 3 is 2.94 bits per heavy atom. The molecular weight excluding hydrogens is 226 g/mol. The van der Waals surface area contributed by atoms with Gasteiger partial charge in [-0.3, -0.25) is 0 Å². The highest BCUT2D eigenvalue weighted by Gasteiger charge is 2.04. The molecule has 0 saturated carbocycles. The van der Waals surface area contributed by atoms with E-state index < -0.39 is 0 Å². The summed E-state index contributed by atoms with van der Waals surface area (Å²) in [6.07, 6.45) is 0. The van der Waals surface area contributed by atoms with E-state index in [1.165, 1.54) is 0 Å². The Kier molecular flexibility index (Phi) is 6.42. The Hall–Kier alpha value is -0.610. The molecule has 16 heavy (non-hydrogen) atoms. The number of ether oxygens (including phenoxy) is 1. The van der Waals surface area contributed by atoms with Crippen molar-refractivity contribution in [1.82, 2.24) is 5.32 Å². The zero-order valence-electron chi connectivity index (χ0n) is 9.45. The molecule has 0 saturated heterocycles. The third-order valence-corrected chi connectivity index (χ3v) is 2.52. The van der Waals surface area contributed by atoms with Gasteiger partial charge in [-0.1, -0.05) is 23.7 Å². The number of nitrogens with one attached hydrogen (secondary N) is 1. The molecule has 0 aliphatic heterocycles. The molecule has 0 aliphatic carbocycles. The summed E-state index contributed by atoms with van der Waals surface area (Å²) in [5, 5.41) is 12.6. The molecule has 0 amide bonds. The Balaban J connectivity index is 2.27. The maximum absolute atomic E-state index is 8.52. The van der Waals surface area contributed by atoms with Gasteiger partial charge in [0.15, 0.2) is 0 Å².